The normalized spacial score (nSPS) is 22.0. The number of hydrogen-bond acceptors (Lipinski definition) is 5. The number of likely N-dealkylation sites (tertiary alicyclic amines) is 1. The van der Waals surface area contributed by atoms with E-state index in [0.717, 1.165) is 25.7 Å². The average Bonchev–Trinajstić information content (AvgIpc) is 2.94. The summed E-state index contributed by atoms with van der Waals surface area (Å²) in [5.74, 6) is 1.78. The molecule has 3 heterocycles. The van der Waals surface area contributed by atoms with E-state index in [0.29, 0.717) is 24.2 Å². The number of rotatable bonds is 3. The van der Waals surface area contributed by atoms with E-state index >= 15 is 0 Å². The van der Waals surface area contributed by atoms with Crippen LogP contribution in [0.1, 0.15) is 59.9 Å². The summed E-state index contributed by atoms with van der Waals surface area (Å²) in [6.07, 6.45) is 3.97. The van der Waals surface area contributed by atoms with Gasteiger partial charge in [0.1, 0.15) is 0 Å². The minimum atomic E-state index is -0.179. The standard InChI is InChI=1S/C14H14ClN3O3/c15-11-6-5-10(20-11)14(19)18-7-1-2-9(18)12-16-13(21-17-12)8-3-4-8/h5-6,8-9H,1-4,7H2/t9-/m0/s1. The molecule has 0 N–H and O–H groups in total. The summed E-state index contributed by atoms with van der Waals surface area (Å²) in [6, 6.07) is 3.02. The van der Waals surface area contributed by atoms with E-state index in [1.165, 1.54) is 0 Å². The van der Waals surface area contributed by atoms with Crippen LogP contribution < -0.4 is 0 Å². The van der Waals surface area contributed by atoms with Crippen LogP contribution in [0.4, 0.5) is 0 Å². The molecule has 0 unspecified atom stereocenters. The van der Waals surface area contributed by atoms with Crippen molar-refractivity contribution >= 4 is 17.5 Å². The highest BCUT2D eigenvalue weighted by Gasteiger charge is 2.37. The quantitative estimate of drug-likeness (QED) is 0.871. The van der Waals surface area contributed by atoms with Crippen LogP contribution in [0.5, 0.6) is 0 Å². The first kappa shape index (κ1) is 12.9. The highest BCUT2D eigenvalue weighted by atomic mass is 35.5. The molecule has 1 saturated carbocycles. The van der Waals surface area contributed by atoms with Gasteiger partial charge in [0.2, 0.25) is 5.89 Å². The van der Waals surface area contributed by atoms with E-state index in [1.54, 1.807) is 17.0 Å². The van der Waals surface area contributed by atoms with Gasteiger partial charge in [0.15, 0.2) is 16.8 Å². The maximum absolute atomic E-state index is 12.5. The van der Waals surface area contributed by atoms with Crippen molar-refractivity contribution in [3.05, 3.63) is 34.8 Å². The first-order valence-electron chi connectivity index (χ1n) is 7.12. The van der Waals surface area contributed by atoms with E-state index in [1.807, 2.05) is 0 Å². The van der Waals surface area contributed by atoms with Gasteiger partial charge in [0.05, 0.1) is 6.04 Å². The first-order chi connectivity index (χ1) is 10.2. The third-order valence-electron chi connectivity index (χ3n) is 3.98. The zero-order valence-corrected chi connectivity index (χ0v) is 12.0. The lowest BCUT2D eigenvalue weighted by atomic mass is 10.2. The number of carbonyl (C=O) groups is 1. The summed E-state index contributed by atoms with van der Waals surface area (Å²) in [4.78, 5) is 18.7. The van der Waals surface area contributed by atoms with Gasteiger partial charge in [0.25, 0.3) is 5.91 Å². The molecule has 0 bridgehead atoms. The van der Waals surface area contributed by atoms with Crippen LogP contribution in [0, 0.1) is 0 Å². The number of carbonyl (C=O) groups excluding carboxylic acids is 1. The predicted octanol–water partition coefficient (Wildman–Crippen LogP) is 3.17. The number of aromatic nitrogens is 2. The molecule has 0 aromatic carbocycles. The zero-order chi connectivity index (χ0) is 14.4. The average molecular weight is 308 g/mol. The van der Waals surface area contributed by atoms with Crippen LogP contribution in [0.3, 0.4) is 0 Å². The minimum Gasteiger partial charge on any atom is -0.440 e. The molecule has 6 nitrogen and oxygen atoms in total. The Kier molecular flexibility index (Phi) is 2.99. The van der Waals surface area contributed by atoms with E-state index in [2.05, 4.69) is 10.1 Å². The van der Waals surface area contributed by atoms with Gasteiger partial charge in [-0.2, -0.15) is 4.98 Å². The fourth-order valence-electron chi connectivity index (χ4n) is 2.73. The number of halogens is 1. The molecule has 1 aliphatic carbocycles. The molecular weight excluding hydrogens is 294 g/mol. The van der Waals surface area contributed by atoms with Crippen molar-refractivity contribution in [1.29, 1.82) is 0 Å². The third-order valence-corrected chi connectivity index (χ3v) is 4.18. The predicted molar refractivity (Wildman–Crippen MR) is 73.0 cm³/mol. The Labute approximate surface area is 126 Å². The van der Waals surface area contributed by atoms with Gasteiger partial charge < -0.3 is 13.8 Å². The molecule has 7 heteroatoms. The van der Waals surface area contributed by atoms with Crippen molar-refractivity contribution in [3.8, 4) is 0 Å². The van der Waals surface area contributed by atoms with E-state index in [4.69, 9.17) is 20.5 Å². The van der Waals surface area contributed by atoms with Gasteiger partial charge in [-0.25, -0.2) is 0 Å². The lowest BCUT2D eigenvalue weighted by Crippen LogP contribution is -2.30. The second-order valence-electron chi connectivity index (χ2n) is 5.53. The van der Waals surface area contributed by atoms with E-state index in [-0.39, 0.29) is 22.9 Å². The van der Waals surface area contributed by atoms with Crippen molar-refractivity contribution in [3.63, 3.8) is 0 Å². The molecule has 1 amide bonds. The van der Waals surface area contributed by atoms with Crippen molar-refractivity contribution in [2.75, 3.05) is 6.54 Å². The summed E-state index contributed by atoms with van der Waals surface area (Å²) in [7, 11) is 0. The Morgan fingerprint density at radius 1 is 1.33 bits per heavy atom. The number of hydrogen-bond donors (Lipinski definition) is 0. The van der Waals surface area contributed by atoms with Crippen LogP contribution in [-0.2, 0) is 0 Å². The number of furan rings is 1. The SMILES string of the molecule is O=C(c1ccc(Cl)o1)N1CCC[C@H]1c1noc(C2CC2)n1. The van der Waals surface area contributed by atoms with Gasteiger partial charge in [0, 0.05) is 12.5 Å². The summed E-state index contributed by atoms with van der Waals surface area (Å²) >= 11 is 5.73. The topological polar surface area (TPSA) is 72.4 Å². The van der Waals surface area contributed by atoms with Gasteiger partial charge in [-0.3, -0.25) is 4.79 Å². The van der Waals surface area contributed by atoms with Crippen LogP contribution in [0.2, 0.25) is 5.22 Å². The summed E-state index contributed by atoms with van der Waals surface area (Å²) in [6.45, 7) is 0.662. The van der Waals surface area contributed by atoms with Gasteiger partial charge in [-0.1, -0.05) is 5.16 Å². The molecule has 2 aromatic rings. The molecule has 1 atom stereocenters. The second-order valence-corrected chi connectivity index (χ2v) is 5.90. The lowest BCUT2D eigenvalue weighted by molar-refractivity contribution is 0.0696. The lowest BCUT2D eigenvalue weighted by Gasteiger charge is -2.20. The first-order valence-corrected chi connectivity index (χ1v) is 7.50. The summed E-state index contributed by atoms with van der Waals surface area (Å²) in [5.41, 5.74) is 0. The monoisotopic (exact) mass is 307 g/mol. The molecule has 0 spiro atoms. The highest BCUT2D eigenvalue weighted by Crippen LogP contribution is 2.40. The molecule has 2 fully saturated rings. The highest BCUT2D eigenvalue weighted by molar-refractivity contribution is 6.29. The fraction of sp³-hybridized carbons (Fsp3) is 0.500. The third kappa shape index (κ3) is 2.33. The van der Waals surface area contributed by atoms with Crippen LogP contribution >= 0.6 is 11.6 Å². The number of amides is 1. The van der Waals surface area contributed by atoms with Gasteiger partial charge in [-0.15, -0.1) is 0 Å². The van der Waals surface area contributed by atoms with E-state index < -0.39 is 0 Å². The van der Waals surface area contributed by atoms with Crippen LogP contribution in [0.25, 0.3) is 0 Å². The van der Waals surface area contributed by atoms with Gasteiger partial charge >= 0.3 is 0 Å². The molecule has 1 aliphatic heterocycles. The molecule has 110 valence electrons. The smallest absolute Gasteiger partial charge is 0.290 e. The Hall–Kier alpha value is -1.82. The Balaban J connectivity index is 1.57. The van der Waals surface area contributed by atoms with Crippen LogP contribution in [0.15, 0.2) is 21.1 Å². The maximum Gasteiger partial charge on any atom is 0.290 e. The Bertz CT molecular complexity index is 677. The molecule has 0 radical (unpaired) electrons. The van der Waals surface area contributed by atoms with Gasteiger partial charge in [-0.05, 0) is 49.4 Å². The maximum atomic E-state index is 12.5. The summed E-state index contributed by atoms with van der Waals surface area (Å²) in [5, 5.41) is 4.27. The Morgan fingerprint density at radius 2 is 2.19 bits per heavy atom. The summed E-state index contributed by atoms with van der Waals surface area (Å²) < 4.78 is 10.5. The zero-order valence-electron chi connectivity index (χ0n) is 11.3. The second kappa shape index (κ2) is 4.87. The van der Waals surface area contributed by atoms with Crippen molar-refractivity contribution < 1.29 is 13.7 Å². The molecular formula is C14H14ClN3O3. The molecule has 4 rings (SSSR count). The molecule has 1 saturated heterocycles. The van der Waals surface area contributed by atoms with Crippen molar-refractivity contribution in [2.24, 2.45) is 0 Å². The van der Waals surface area contributed by atoms with Crippen molar-refractivity contribution in [2.45, 2.75) is 37.6 Å². The largest absolute Gasteiger partial charge is 0.440 e. The minimum absolute atomic E-state index is 0.141. The number of nitrogens with zero attached hydrogens (tertiary/aromatic N) is 3. The van der Waals surface area contributed by atoms with Crippen LogP contribution in [-0.4, -0.2) is 27.5 Å². The molecule has 2 aliphatic rings. The molecule has 21 heavy (non-hydrogen) atoms. The molecule has 2 aromatic heterocycles. The Morgan fingerprint density at radius 3 is 2.90 bits per heavy atom. The van der Waals surface area contributed by atoms with E-state index in [9.17, 15) is 4.79 Å². The van der Waals surface area contributed by atoms with Crippen molar-refractivity contribution in [1.82, 2.24) is 15.0 Å². The fourth-order valence-corrected chi connectivity index (χ4v) is 2.87.